The highest BCUT2D eigenvalue weighted by atomic mass is 32.2. The minimum Gasteiger partial charge on any atom is -0.490 e. The maximum atomic E-state index is 12.3. The summed E-state index contributed by atoms with van der Waals surface area (Å²) in [6, 6.07) is 15.5. The van der Waals surface area contributed by atoms with Gasteiger partial charge in [-0.1, -0.05) is 49.4 Å². The van der Waals surface area contributed by atoms with E-state index in [1.165, 1.54) is 0 Å². The van der Waals surface area contributed by atoms with E-state index in [0.29, 0.717) is 25.5 Å². The highest BCUT2D eigenvalue weighted by Gasteiger charge is 2.12. The predicted octanol–water partition coefficient (Wildman–Crippen LogP) is 3.84. The van der Waals surface area contributed by atoms with Gasteiger partial charge in [-0.15, -0.1) is 0 Å². The second-order valence-electron chi connectivity index (χ2n) is 7.73. The molecule has 0 fully saturated rings. The highest BCUT2D eigenvalue weighted by Crippen LogP contribution is 2.22. The highest BCUT2D eigenvalue weighted by molar-refractivity contribution is 7.90. The molecule has 0 saturated heterocycles. The summed E-state index contributed by atoms with van der Waals surface area (Å²) in [5.41, 5.74) is 3.03. The number of aliphatic imine (C=N–C) groups is 1. The van der Waals surface area contributed by atoms with Gasteiger partial charge in [0.25, 0.3) is 0 Å². The minimum atomic E-state index is -3.14. The van der Waals surface area contributed by atoms with E-state index in [0.717, 1.165) is 28.9 Å². The lowest BCUT2D eigenvalue weighted by Gasteiger charge is -2.18. The number of sulfone groups is 1. The lowest BCUT2D eigenvalue weighted by Crippen LogP contribution is -2.37. The molecule has 0 aliphatic rings. The van der Waals surface area contributed by atoms with Crippen LogP contribution in [0.2, 0.25) is 0 Å². The second-order valence-corrected chi connectivity index (χ2v) is 9.92. The first-order valence-corrected chi connectivity index (χ1v) is 12.6. The van der Waals surface area contributed by atoms with E-state index in [-0.39, 0.29) is 17.6 Å². The summed E-state index contributed by atoms with van der Waals surface area (Å²) < 4.78 is 30.7. The molecule has 31 heavy (non-hydrogen) atoms. The maximum Gasteiger partial charge on any atom is 0.191 e. The van der Waals surface area contributed by atoms with E-state index >= 15 is 0 Å². The van der Waals surface area contributed by atoms with Crippen molar-refractivity contribution in [3.05, 3.63) is 65.2 Å². The van der Waals surface area contributed by atoms with Crippen LogP contribution in [-0.2, 0) is 22.1 Å². The first-order valence-electron chi connectivity index (χ1n) is 10.8. The number of nitrogens with one attached hydrogen (secondary N) is 2. The Labute approximate surface area is 187 Å². The van der Waals surface area contributed by atoms with Crippen molar-refractivity contribution < 1.29 is 13.2 Å². The Kier molecular flexibility index (Phi) is 9.85. The topological polar surface area (TPSA) is 79.8 Å². The largest absolute Gasteiger partial charge is 0.490 e. The molecule has 2 aromatic rings. The molecule has 0 aromatic heterocycles. The Bertz CT molecular complexity index is 944. The van der Waals surface area contributed by atoms with Gasteiger partial charge in [-0.05, 0) is 43.9 Å². The number of benzene rings is 2. The third-order valence-electron chi connectivity index (χ3n) is 4.95. The zero-order chi connectivity index (χ0) is 22.7. The summed E-state index contributed by atoms with van der Waals surface area (Å²) in [6.07, 6.45) is 1.61. The van der Waals surface area contributed by atoms with Gasteiger partial charge in [0.2, 0.25) is 0 Å². The Morgan fingerprint density at radius 3 is 2.55 bits per heavy atom. The molecule has 0 saturated carbocycles. The van der Waals surface area contributed by atoms with Crippen LogP contribution in [-0.4, -0.2) is 39.8 Å². The molecule has 2 N–H and O–H groups in total. The van der Waals surface area contributed by atoms with Gasteiger partial charge < -0.3 is 15.4 Å². The zero-order valence-corrected chi connectivity index (χ0v) is 19.8. The molecule has 0 aliphatic carbocycles. The fourth-order valence-corrected chi connectivity index (χ4v) is 4.45. The quantitative estimate of drug-likeness (QED) is 0.312. The minimum absolute atomic E-state index is 0.0766. The molecule has 0 spiro atoms. The van der Waals surface area contributed by atoms with Crippen molar-refractivity contribution in [1.29, 1.82) is 0 Å². The summed E-state index contributed by atoms with van der Waals surface area (Å²) in [5, 5.41) is 6.48. The first kappa shape index (κ1) is 24.7. The van der Waals surface area contributed by atoms with E-state index in [1.54, 1.807) is 7.05 Å². The molecule has 0 bridgehead atoms. The third-order valence-corrected chi connectivity index (χ3v) is 6.63. The summed E-state index contributed by atoms with van der Waals surface area (Å²) in [7, 11) is -1.43. The van der Waals surface area contributed by atoms with Gasteiger partial charge in [-0.25, -0.2) is 8.42 Å². The van der Waals surface area contributed by atoms with Crippen LogP contribution in [0.3, 0.4) is 0 Å². The average molecular weight is 446 g/mol. The smallest absolute Gasteiger partial charge is 0.191 e. The van der Waals surface area contributed by atoms with Gasteiger partial charge in [-0.2, -0.15) is 0 Å². The van der Waals surface area contributed by atoms with E-state index in [4.69, 9.17) is 4.74 Å². The number of ether oxygens (including phenoxy) is 1. The monoisotopic (exact) mass is 445 g/mol. The van der Waals surface area contributed by atoms with E-state index in [2.05, 4.69) is 47.7 Å². The van der Waals surface area contributed by atoms with Gasteiger partial charge in [0, 0.05) is 25.7 Å². The van der Waals surface area contributed by atoms with Crippen LogP contribution in [0.5, 0.6) is 5.75 Å². The Hall–Kier alpha value is -2.54. The maximum absolute atomic E-state index is 12.3. The first-order chi connectivity index (χ1) is 14.8. The summed E-state index contributed by atoms with van der Waals surface area (Å²) in [5.74, 6) is 1.73. The number of nitrogens with zero attached hydrogens (tertiary/aromatic N) is 1. The lowest BCUT2D eigenvalue weighted by atomic mass is 10.1. The fourth-order valence-electron chi connectivity index (χ4n) is 3.02. The van der Waals surface area contributed by atoms with Gasteiger partial charge in [-0.3, -0.25) is 4.99 Å². The normalized spacial score (nSPS) is 13.0. The molecule has 170 valence electrons. The Morgan fingerprint density at radius 1 is 1.13 bits per heavy atom. The van der Waals surface area contributed by atoms with Crippen LogP contribution in [0, 0.1) is 6.92 Å². The SMILES string of the molecule is CCC(C)Oc1cc(C)ccc1CNC(=NC)NCCCS(=O)(=O)Cc1ccccc1. The van der Waals surface area contributed by atoms with Crippen molar-refractivity contribution in [2.45, 2.75) is 52.0 Å². The van der Waals surface area contributed by atoms with Crippen molar-refractivity contribution in [3.63, 3.8) is 0 Å². The van der Waals surface area contributed by atoms with Gasteiger partial charge in [0.15, 0.2) is 15.8 Å². The molecule has 0 heterocycles. The van der Waals surface area contributed by atoms with Crippen molar-refractivity contribution in [2.24, 2.45) is 4.99 Å². The summed E-state index contributed by atoms with van der Waals surface area (Å²) in [6.45, 7) is 7.30. The molecule has 0 radical (unpaired) electrons. The summed E-state index contributed by atoms with van der Waals surface area (Å²) >= 11 is 0. The van der Waals surface area contributed by atoms with Crippen LogP contribution < -0.4 is 15.4 Å². The molecule has 7 heteroatoms. The van der Waals surface area contributed by atoms with Crippen LogP contribution in [0.25, 0.3) is 0 Å². The predicted molar refractivity (Wildman–Crippen MR) is 128 cm³/mol. The van der Waals surface area contributed by atoms with Crippen molar-refractivity contribution >= 4 is 15.8 Å². The van der Waals surface area contributed by atoms with Crippen LogP contribution in [0.4, 0.5) is 0 Å². The van der Waals surface area contributed by atoms with Gasteiger partial charge >= 0.3 is 0 Å². The molecule has 0 aliphatic heterocycles. The Morgan fingerprint density at radius 2 is 1.87 bits per heavy atom. The van der Waals surface area contributed by atoms with Crippen LogP contribution in [0.1, 0.15) is 43.4 Å². The van der Waals surface area contributed by atoms with Crippen molar-refractivity contribution in [1.82, 2.24) is 10.6 Å². The number of guanidine groups is 1. The van der Waals surface area contributed by atoms with E-state index in [1.807, 2.05) is 37.3 Å². The second kappa shape index (κ2) is 12.3. The van der Waals surface area contributed by atoms with Crippen molar-refractivity contribution in [3.8, 4) is 5.75 Å². The van der Waals surface area contributed by atoms with Gasteiger partial charge in [0.1, 0.15) is 5.75 Å². The number of hydrogen-bond donors (Lipinski definition) is 2. The van der Waals surface area contributed by atoms with Gasteiger partial charge in [0.05, 0.1) is 17.6 Å². The molecule has 1 unspecified atom stereocenters. The third kappa shape index (κ3) is 9.00. The summed E-state index contributed by atoms with van der Waals surface area (Å²) in [4.78, 5) is 4.23. The lowest BCUT2D eigenvalue weighted by molar-refractivity contribution is 0.215. The van der Waals surface area contributed by atoms with Crippen LogP contribution in [0.15, 0.2) is 53.5 Å². The molecular weight excluding hydrogens is 410 g/mol. The zero-order valence-electron chi connectivity index (χ0n) is 19.0. The Balaban J connectivity index is 1.81. The van der Waals surface area contributed by atoms with Crippen LogP contribution >= 0.6 is 0 Å². The fraction of sp³-hybridized carbons (Fsp3) is 0.458. The van der Waals surface area contributed by atoms with E-state index < -0.39 is 9.84 Å². The number of hydrogen-bond acceptors (Lipinski definition) is 4. The average Bonchev–Trinajstić information content (AvgIpc) is 2.74. The molecule has 1 atom stereocenters. The number of aryl methyl sites for hydroxylation is 1. The van der Waals surface area contributed by atoms with E-state index in [9.17, 15) is 8.42 Å². The molecule has 2 aromatic carbocycles. The standard InChI is InChI=1S/C24H35N3O3S/c1-5-20(3)30-23-16-19(2)12-13-22(23)17-27-24(25-4)26-14-9-15-31(28,29)18-21-10-7-6-8-11-21/h6-8,10-13,16,20H,5,9,14-15,17-18H2,1-4H3,(H2,25,26,27). The molecule has 6 nitrogen and oxygen atoms in total. The number of rotatable bonds is 11. The molecule has 0 amide bonds. The van der Waals surface area contributed by atoms with Crippen molar-refractivity contribution in [2.75, 3.05) is 19.3 Å². The molecular formula is C24H35N3O3S. The molecule has 2 rings (SSSR count).